The third kappa shape index (κ3) is 5.82. The van der Waals surface area contributed by atoms with Gasteiger partial charge in [-0.3, -0.25) is 0 Å². The first-order chi connectivity index (χ1) is 6.60. The molecule has 5 nitrogen and oxygen atoms in total. The lowest BCUT2D eigenvalue weighted by molar-refractivity contribution is -0.671. The topological polar surface area (TPSA) is 58.2 Å². The van der Waals surface area contributed by atoms with Gasteiger partial charge in [-0.25, -0.2) is 9.13 Å². The number of carbonyl (C=O) groups excluding carboxylic acids is 1. The molecule has 0 atom stereocenters. The largest absolute Gasteiger partial charge is 0.553 e. The highest BCUT2D eigenvalue weighted by Crippen LogP contribution is 1.81. The molecule has 0 N–H and O–H groups in total. The first-order valence-corrected chi connectivity index (χ1v) is 3.97. The Balaban J connectivity index is 0.000000292. The highest BCUT2D eigenvalue weighted by Gasteiger charge is 1.93. The summed E-state index contributed by atoms with van der Waals surface area (Å²) in [6, 6.07) is 0. The molecule has 0 amide bonds. The molecule has 0 aliphatic carbocycles. The van der Waals surface area contributed by atoms with Crippen LogP contribution in [-0.4, -0.2) is 17.8 Å². The molecule has 0 saturated heterocycles. The number of methoxy groups -OCH3 is 1. The molecule has 0 bridgehead atoms. The van der Waals surface area contributed by atoms with E-state index < -0.39 is 6.16 Å². The van der Waals surface area contributed by atoms with Gasteiger partial charge in [0, 0.05) is 7.11 Å². The summed E-state index contributed by atoms with van der Waals surface area (Å²) in [5.41, 5.74) is 0. The Morgan fingerprint density at radius 3 is 2.64 bits per heavy atom. The van der Waals surface area contributed by atoms with E-state index in [4.69, 9.17) is 9.90 Å². The van der Waals surface area contributed by atoms with Gasteiger partial charge in [0.25, 0.3) is 6.16 Å². The number of hydrogen-bond acceptors (Lipinski definition) is 3. The quantitative estimate of drug-likeness (QED) is 0.365. The molecule has 0 aromatic carbocycles. The molecule has 1 rings (SSSR count). The molecule has 0 fully saturated rings. The first-order valence-electron chi connectivity index (χ1n) is 3.97. The zero-order valence-electron chi connectivity index (χ0n) is 8.34. The molecule has 0 spiro atoms. The van der Waals surface area contributed by atoms with Crippen molar-refractivity contribution in [2.24, 2.45) is 7.05 Å². The molecule has 5 heteroatoms. The van der Waals surface area contributed by atoms with E-state index in [1.165, 1.54) is 0 Å². The second kappa shape index (κ2) is 6.71. The van der Waals surface area contributed by atoms with Crippen molar-refractivity contribution in [1.82, 2.24) is 4.57 Å². The predicted octanol–water partition coefficient (Wildman–Crippen LogP) is -0.525. The maximum atomic E-state index is 9.03. The summed E-state index contributed by atoms with van der Waals surface area (Å²) in [6.45, 7) is 4.52. The van der Waals surface area contributed by atoms with E-state index in [1.54, 1.807) is 0 Å². The Kier molecular flexibility index (Phi) is 5.85. The van der Waals surface area contributed by atoms with Crippen molar-refractivity contribution in [2.45, 2.75) is 6.54 Å². The fourth-order valence-corrected chi connectivity index (χ4v) is 0.759. The van der Waals surface area contributed by atoms with Gasteiger partial charge in [-0.15, -0.1) is 0 Å². The van der Waals surface area contributed by atoms with Crippen LogP contribution in [-0.2, 0) is 18.3 Å². The zero-order chi connectivity index (χ0) is 11.0. The zero-order valence-corrected chi connectivity index (χ0v) is 8.34. The first kappa shape index (κ1) is 12.2. The maximum absolute atomic E-state index is 9.03. The van der Waals surface area contributed by atoms with Crippen molar-refractivity contribution in [1.29, 1.82) is 0 Å². The van der Waals surface area contributed by atoms with Gasteiger partial charge in [0.05, 0.1) is 7.05 Å². The van der Waals surface area contributed by atoms with Crippen LogP contribution in [0.3, 0.4) is 0 Å². The van der Waals surface area contributed by atoms with Gasteiger partial charge in [0.2, 0.25) is 6.33 Å². The number of hydrogen-bond donors (Lipinski definition) is 0. The molecule has 1 aromatic heterocycles. The Hall–Kier alpha value is -1.78. The van der Waals surface area contributed by atoms with Gasteiger partial charge in [-0.1, -0.05) is 12.7 Å². The van der Waals surface area contributed by atoms with E-state index in [2.05, 4.69) is 15.9 Å². The van der Waals surface area contributed by atoms with E-state index in [-0.39, 0.29) is 0 Å². The molecule has 0 aliphatic rings. The number of ether oxygens (including phenoxy) is 1. The van der Waals surface area contributed by atoms with Gasteiger partial charge < -0.3 is 14.6 Å². The van der Waals surface area contributed by atoms with Crippen LogP contribution in [0.15, 0.2) is 31.4 Å². The van der Waals surface area contributed by atoms with E-state index in [9.17, 15) is 0 Å². The van der Waals surface area contributed by atoms with Gasteiger partial charge in [0.15, 0.2) is 0 Å². The van der Waals surface area contributed by atoms with E-state index in [0.29, 0.717) is 0 Å². The molecule has 78 valence electrons. The van der Waals surface area contributed by atoms with Crippen LogP contribution in [0.25, 0.3) is 0 Å². The van der Waals surface area contributed by atoms with Gasteiger partial charge in [-0.2, -0.15) is 0 Å². The second-order valence-corrected chi connectivity index (χ2v) is 2.52. The minimum atomic E-state index is -1.50. The van der Waals surface area contributed by atoms with Gasteiger partial charge >= 0.3 is 0 Å². The SMILES string of the molecule is C=CCn1cc[n+](C)c1.COC(=O)[O-]. The Morgan fingerprint density at radius 1 is 1.79 bits per heavy atom. The summed E-state index contributed by atoms with van der Waals surface area (Å²) in [6.07, 6.45) is 6.41. The van der Waals surface area contributed by atoms with E-state index in [1.807, 2.05) is 36.4 Å². The van der Waals surface area contributed by atoms with Crippen LogP contribution in [0.2, 0.25) is 0 Å². The third-order valence-corrected chi connectivity index (χ3v) is 1.33. The summed E-state index contributed by atoms with van der Waals surface area (Å²) in [7, 11) is 3.04. The average Bonchev–Trinajstić information content (AvgIpc) is 2.53. The minimum Gasteiger partial charge on any atom is -0.553 e. The van der Waals surface area contributed by atoms with Crippen molar-refractivity contribution in [3.8, 4) is 0 Å². The van der Waals surface area contributed by atoms with Gasteiger partial charge in [-0.05, 0) is 0 Å². The van der Waals surface area contributed by atoms with Crippen LogP contribution in [0.1, 0.15) is 0 Å². The normalized spacial score (nSPS) is 8.43. The highest BCUT2D eigenvalue weighted by atomic mass is 16.6. The number of carboxylic acid groups (broad SMARTS) is 1. The summed E-state index contributed by atoms with van der Waals surface area (Å²) < 4.78 is 7.62. The highest BCUT2D eigenvalue weighted by molar-refractivity contribution is 5.53. The van der Waals surface area contributed by atoms with Crippen LogP contribution < -0.4 is 9.67 Å². The molecule has 14 heavy (non-hydrogen) atoms. The standard InChI is InChI=1S/C7H11N2.C2H4O3/c1-3-4-9-6-5-8(2)7-9;1-5-2(3)4/h3,5-7H,1,4H2,2H3;1H3,(H,3,4)/q+1;/p-1. The lowest BCUT2D eigenvalue weighted by Gasteiger charge is -1.92. The van der Waals surface area contributed by atoms with Crippen LogP contribution in [0.5, 0.6) is 0 Å². The maximum Gasteiger partial charge on any atom is 0.251 e. The minimum absolute atomic E-state index is 0.890. The lowest BCUT2D eigenvalue weighted by atomic mass is 10.6. The lowest BCUT2D eigenvalue weighted by Crippen LogP contribution is -2.23. The monoisotopic (exact) mass is 198 g/mol. The van der Waals surface area contributed by atoms with E-state index in [0.717, 1.165) is 13.7 Å². The third-order valence-electron chi connectivity index (χ3n) is 1.33. The van der Waals surface area contributed by atoms with Crippen molar-refractivity contribution < 1.29 is 19.2 Å². The molecule has 0 aliphatic heterocycles. The predicted molar refractivity (Wildman–Crippen MR) is 48.2 cm³/mol. The number of allylic oxidation sites excluding steroid dienone is 1. The summed E-state index contributed by atoms with van der Waals surface area (Å²) in [5, 5.41) is 9.03. The van der Waals surface area contributed by atoms with Crippen molar-refractivity contribution >= 4 is 6.16 Å². The summed E-state index contributed by atoms with van der Waals surface area (Å²) in [5.74, 6) is 0. The van der Waals surface area contributed by atoms with E-state index >= 15 is 0 Å². The molecule has 0 unspecified atom stereocenters. The van der Waals surface area contributed by atoms with Crippen LogP contribution in [0, 0.1) is 0 Å². The Morgan fingerprint density at radius 2 is 2.36 bits per heavy atom. The smallest absolute Gasteiger partial charge is 0.251 e. The molecule has 1 heterocycles. The summed E-state index contributed by atoms with van der Waals surface area (Å²) >= 11 is 0. The number of aromatic nitrogens is 2. The average molecular weight is 198 g/mol. The molecule has 1 aromatic rings. The number of rotatable bonds is 2. The van der Waals surface area contributed by atoms with Crippen molar-refractivity contribution in [3.05, 3.63) is 31.4 Å². The van der Waals surface area contributed by atoms with Crippen LogP contribution >= 0.6 is 0 Å². The molecular weight excluding hydrogens is 184 g/mol. The van der Waals surface area contributed by atoms with Crippen molar-refractivity contribution in [2.75, 3.05) is 7.11 Å². The number of imidazole rings is 1. The number of carbonyl (C=O) groups is 1. The Bertz CT molecular complexity index is 294. The molecule has 0 radical (unpaired) electrons. The second-order valence-electron chi connectivity index (χ2n) is 2.52. The fraction of sp³-hybridized carbons (Fsp3) is 0.333. The van der Waals surface area contributed by atoms with Gasteiger partial charge in [0.1, 0.15) is 18.9 Å². The molecular formula is C9H14N2O3. The fourth-order valence-electron chi connectivity index (χ4n) is 0.759. The van der Waals surface area contributed by atoms with Crippen molar-refractivity contribution in [3.63, 3.8) is 0 Å². The molecule has 0 saturated carbocycles. The Labute approximate surface area is 82.9 Å². The van der Waals surface area contributed by atoms with Crippen LogP contribution in [0.4, 0.5) is 4.79 Å². The summed E-state index contributed by atoms with van der Waals surface area (Å²) in [4.78, 5) is 9.03. The number of aryl methyl sites for hydroxylation is 1. The number of nitrogens with zero attached hydrogens (tertiary/aromatic N) is 2.